The summed E-state index contributed by atoms with van der Waals surface area (Å²) in [4.78, 5) is 19.3. The van der Waals surface area contributed by atoms with Crippen LogP contribution in [0.25, 0.3) is 10.9 Å². The highest BCUT2D eigenvalue weighted by atomic mass is 19.4. The summed E-state index contributed by atoms with van der Waals surface area (Å²) in [5.41, 5.74) is 1.18. The van der Waals surface area contributed by atoms with Crippen molar-refractivity contribution in [3.8, 4) is 6.07 Å². The maximum absolute atomic E-state index is 12.3. The topological polar surface area (TPSA) is 60.2 Å². The molecule has 0 radical (unpaired) electrons. The maximum Gasteiger partial charge on any atom is 0.397 e. The first-order chi connectivity index (χ1) is 11.9. The predicted octanol–water partition coefficient (Wildman–Crippen LogP) is 2.71. The van der Waals surface area contributed by atoms with Crippen LogP contribution in [-0.4, -0.2) is 48.1 Å². The second-order valence-electron chi connectivity index (χ2n) is 5.82. The Hall–Kier alpha value is -2.82. The highest BCUT2D eigenvalue weighted by Gasteiger charge is 2.34. The number of carbonyl (C=O) groups is 1. The number of pyridine rings is 1. The molecule has 1 fully saturated rings. The minimum atomic E-state index is -4.49. The van der Waals surface area contributed by atoms with E-state index in [0.29, 0.717) is 30.0 Å². The third-order valence-corrected chi connectivity index (χ3v) is 4.13. The van der Waals surface area contributed by atoms with Crippen molar-refractivity contribution in [3.63, 3.8) is 0 Å². The van der Waals surface area contributed by atoms with Crippen molar-refractivity contribution in [2.45, 2.75) is 12.6 Å². The van der Waals surface area contributed by atoms with E-state index in [1.165, 1.54) is 4.90 Å². The molecule has 3 rings (SSSR count). The first-order valence-electron chi connectivity index (χ1n) is 7.77. The molecular weight excluding hydrogens is 333 g/mol. The molecule has 1 aliphatic heterocycles. The van der Waals surface area contributed by atoms with Crippen molar-refractivity contribution in [1.29, 1.82) is 5.26 Å². The fourth-order valence-electron chi connectivity index (χ4n) is 2.88. The number of nitrogens with zero attached hydrogens (tertiary/aromatic N) is 4. The van der Waals surface area contributed by atoms with Crippen LogP contribution in [0.3, 0.4) is 0 Å². The third-order valence-electron chi connectivity index (χ3n) is 4.13. The second kappa shape index (κ2) is 6.59. The summed E-state index contributed by atoms with van der Waals surface area (Å²) >= 11 is 0. The van der Waals surface area contributed by atoms with Gasteiger partial charge < -0.3 is 9.80 Å². The van der Waals surface area contributed by atoms with Crippen LogP contribution in [0.4, 0.5) is 19.0 Å². The van der Waals surface area contributed by atoms with Crippen molar-refractivity contribution in [1.82, 2.24) is 9.88 Å². The zero-order valence-electron chi connectivity index (χ0n) is 13.3. The van der Waals surface area contributed by atoms with Crippen LogP contribution in [0.15, 0.2) is 30.3 Å². The molecule has 0 N–H and O–H groups in total. The SMILES string of the molecule is N#Cc1cc(N2CCN(C(=O)CC(F)(F)F)CC2)nc2ccccc12. The normalized spacial score (nSPS) is 15.3. The van der Waals surface area contributed by atoms with Gasteiger partial charge in [-0.25, -0.2) is 4.98 Å². The Balaban J connectivity index is 1.74. The Kier molecular flexibility index (Phi) is 4.49. The number of aromatic nitrogens is 1. The molecule has 0 atom stereocenters. The van der Waals surface area contributed by atoms with Gasteiger partial charge in [0.05, 0.1) is 17.1 Å². The van der Waals surface area contributed by atoms with Gasteiger partial charge in [0.15, 0.2) is 0 Å². The minimum absolute atomic E-state index is 0.200. The average molecular weight is 348 g/mol. The number of rotatable bonds is 2. The van der Waals surface area contributed by atoms with Gasteiger partial charge in [0.2, 0.25) is 5.91 Å². The van der Waals surface area contributed by atoms with E-state index in [9.17, 15) is 23.2 Å². The summed E-state index contributed by atoms with van der Waals surface area (Å²) in [7, 11) is 0. The van der Waals surface area contributed by atoms with Gasteiger partial charge in [0.25, 0.3) is 0 Å². The van der Waals surface area contributed by atoms with Gasteiger partial charge in [-0.15, -0.1) is 0 Å². The number of carbonyl (C=O) groups excluding carboxylic acids is 1. The van der Waals surface area contributed by atoms with Crippen LogP contribution in [0.5, 0.6) is 0 Å². The maximum atomic E-state index is 12.3. The molecule has 25 heavy (non-hydrogen) atoms. The Labute approximate surface area is 142 Å². The minimum Gasteiger partial charge on any atom is -0.353 e. The molecule has 0 aliphatic carbocycles. The average Bonchev–Trinajstić information content (AvgIpc) is 2.59. The second-order valence-corrected chi connectivity index (χ2v) is 5.82. The number of alkyl halides is 3. The molecule has 1 amide bonds. The Morgan fingerprint density at radius 3 is 2.52 bits per heavy atom. The number of fused-ring (bicyclic) bond motifs is 1. The number of piperazine rings is 1. The number of halogens is 3. The molecule has 1 aromatic carbocycles. The molecule has 0 spiro atoms. The first-order valence-corrected chi connectivity index (χ1v) is 7.77. The summed E-state index contributed by atoms with van der Waals surface area (Å²) in [5, 5.41) is 10.1. The fourth-order valence-corrected chi connectivity index (χ4v) is 2.88. The van der Waals surface area contributed by atoms with E-state index in [1.807, 2.05) is 29.2 Å². The molecule has 2 aromatic rings. The van der Waals surface area contributed by atoms with Crippen LogP contribution in [0, 0.1) is 11.3 Å². The quantitative estimate of drug-likeness (QED) is 0.837. The standard InChI is InChI=1S/C17H15F3N4O/c18-17(19,20)10-16(25)24-7-5-23(6-8-24)15-9-12(11-21)13-3-1-2-4-14(13)22-15/h1-4,9H,5-8,10H2. The van der Waals surface area contributed by atoms with Crippen LogP contribution < -0.4 is 4.90 Å². The van der Waals surface area contributed by atoms with Crippen molar-refractivity contribution in [2.75, 3.05) is 31.1 Å². The zero-order chi connectivity index (χ0) is 18.0. The van der Waals surface area contributed by atoms with Gasteiger partial charge in [0, 0.05) is 31.6 Å². The number of benzene rings is 1. The first kappa shape index (κ1) is 17.0. The van der Waals surface area contributed by atoms with E-state index in [2.05, 4.69) is 11.1 Å². The highest BCUT2D eigenvalue weighted by Crippen LogP contribution is 2.24. The lowest BCUT2D eigenvalue weighted by molar-refractivity contribution is -0.161. The molecule has 5 nitrogen and oxygen atoms in total. The van der Waals surface area contributed by atoms with Gasteiger partial charge in [-0.2, -0.15) is 18.4 Å². The van der Waals surface area contributed by atoms with E-state index in [0.717, 1.165) is 5.39 Å². The molecule has 0 unspecified atom stereocenters. The summed E-state index contributed by atoms with van der Waals surface area (Å²) < 4.78 is 37.0. The summed E-state index contributed by atoms with van der Waals surface area (Å²) in [5.74, 6) is -0.311. The molecule has 130 valence electrons. The van der Waals surface area contributed by atoms with Gasteiger partial charge in [-0.1, -0.05) is 18.2 Å². The van der Waals surface area contributed by atoms with E-state index >= 15 is 0 Å². The van der Waals surface area contributed by atoms with Crippen LogP contribution in [-0.2, 0) is 4.79 Å². The van der Waals surface area contributed by atoms with E-state index < -0.39 is 18.5 Å². The third kappa shape index (κ3) is 3.82. The van der Waals surface area contributed by atoms with E-state index in [-0.39, 0.29) is 13.1 Å². The van der Waals surface area contributed by atoms with Crippen molar-refractivity contribution in [3.05, 3.63) is 35.9 Å². The van der Waals surface area contributed by atoms with E-state index in [1.54, 1.807) is 6.07 Å². The fraction of sp³-hybridized carbons (Fsp3) is 0.353. The van der Waals surface area contributed by atoms with Gasteiger partial charge >= 0.3 is 6.18 Å². The zero-order valence-corrected chi connectivity index (χ0v) is 13.3. The number of nitriles is 1. The summed E-state index contributed by atoms with van der Waals surface area (Å²) in [6, 6.07) is 11.1. The van der Waals surface area contributed by atoms with Gasteiger partial charge in [-0.3, -0.25) is 4.79 Å². The van der Waals surface area contributed by atoms with Crippen molar-refractivity contribution in [2.24, 2.45) is 0 Å². The number of para-hydroxylation sites is 1. The lowest BCUT2D eigenvalue weighted by Gasteiger charge is -2.35. The molecule has 2 heterocycles. The lowest BCUT2D eigenvalue weighted by atomic mass is 10.1. The predicted molar refractivity (Wildman–Crippen MR) is 85.9 cm³/mol. The molecule has 8 heteroatoms. The summed E-state index contributed by atoms with van der Waals surface area (Å²) in [6.45, 7) is 1.15. The number of hydrogen-bond acceptors (Lipinski definition) is 4. The van der Waals surface area contributed by atoms with Crippen LogP contribution >= 0.6 is 0 Å². The number of anilines is 1. The highest BCUT2D eigenvalue weighted by molar-refractivity contribution is 5.86. The van der Waals surface area contributed by atoms with Crippen LogP contribution in [0.1, 0.15) is 12.0 Å². The Morgan fingerprint density at radius 2 is 1.88 bits per heavy atom. The molecule has 1 saturated heterocycles. The smallest absolute Gasteiger partial charge is 0.353 e. The van der Waals surface area contributed by atoms with Gasteiger partial charge in [-0.05, 0) is 12.1 Å². The molecule has 0 saturated carbocycles. The van der Waals surface area contributed by atoms with E-state index in [4.69, 9.17) is 0 Å². The Bertz CT molecular complexity index is 836. The van der Waals surface area contributed by atoms with Crippen LogP contribution in [0.2, 0.25) is 0 Å². The molecular formula is C17H15F3N4O. The molecule has 0 bridgehead atoms. The monoisotopic (exact) mass is 348 g/mol. The van der Waals surface area contributed by atoms with Gasteiger partial charge in [0.1, 0.15) is 12.2 Å². The summed E-state index contributed by atoms with van der Waals surface area (Å²) in [6.07, 6.45) is -5.92. The van der Waals surface area contributed by atoms with Crippen molar-refractivity contribution < 1.29 is 18.0 Å². The van der Waals surface area contributed by atoms with Crippen molar-refractivity contribution >= 4 is 22.6 Å². The number of amides is 1. The molecule has 1 aliphatic rings. The Morgan fingerprint density at radius 1 is 1.20 bits per heavy atom. The largest absolute Gasteiger partial charge is 0.397 e. The number of hydrogen-bond donors (Lipinski definition) is 0. The molecule has 1 aromatic heterocycles. The lowest BCUT2D eigenvalue weighted by Crippen LogP contribution is -2.49.